The van der Waals surface area contributed by atoms with E-state index in [1.54, 1.807) is 33.3 Å². The summed E-state index contributed by atoms with van der Waals surface area (Å²) in [4.78, 5) is 13.0. The van der Waals surface area contributed by atoms with Gasteiger partial charge in [0.2, 0.25) is 11.6 Å². The van der Waals surface area contributed by atoms with Crippen molar-refractivity contribution in [3.05, 3.63) is 46.2 Å². The predicted molar refractivity (Wildman–Crippen MR) is 91.4 cm³/mol. The van der Waals surface area contributed by atoms with E-state index in [4.69, 9.17) is 14.2 Å². The molecule has 1 aromatic heterocycles. The SMILES string of the molecule is COc1ccc(C2(C)OC(c3cccs3)=NN2C(C)=O)c(OC)c1. The number of ether oxygens (including phenoxy) is 3. The van der Waals surface area contributed by atoms with Crippen LogP contribution in [-0.2, 0) is 15.3 Å². The molecule has 0 saturated carbocycles. The topological polar surface area (TPSA) is 60.4 Å². The van der Waals surface area contributed by atoms with Crippen molar-refractivity contribution in [2.75, 3.05) is 14.2 Å². The maximum Gasteiger partial charge on any atom is 0.251 e. The third-order valence-corrected chi connectivity index (χ3v) is 4.69. The second kappa shape index (κ2) is 6.16. The van der Waals surface area contributed by atoms with Crippen molar-refractivity contribution in [1.82, 2.24) is 5.01 Å². The van der Waals surface area contributed by atoms with Gasteiger partial charge in [-0.2, -0.15) is 5.01 Å². The molecule has 0 N–H and O–H groups in total. The molecule has 1 aliphatic heterocycles. The highest BCUT2D eigenvalue weighted by Crippen LogP contribution is 2.42. The minimum absolute atomic E-state index is 0.220. The number of hydrogen-bond donors (Lipinski definition) is 0. The van der Waals surface area contributed by atoms with Crippen molar-refractivity contribution in [2.24, 2.45) is 5.10 Å². The third-order valence-electron chi connectivity index (χ3n) is 3.83. The molecule has 1 atom stereocenters. The van der Waals surface area contributed by atoms with Crippen molar-refractivity contribution in [1.29, 1.82) is 0 Å². The summed E-state index contributed by atoms with van der Waals surface area (Å²) in [5.41, 5.74) is -0.403. The minimum atomic E-state index is -1.09. The van der Waals surface area contributed by atoms with Gasteiger partial charge in [0, 0.05) is 19.9 Å². The van der Waals surface area contributed by atoms with Gasteiger partial charge in [0.05, 0.1) is 24.7 Å². The quantitative estimate of drug-likeness (QED) is 0.853. The van der Waals surface area contributed by atoms with E-state index in [0.29, 0.717) is 23.0 Å². The summed E-state index contributed by atoms with van der Waals surface area (Å²) in [6.07, 6.45) is 0. The van der Waals surface area contributed by atoms with E-state index in [-0.39, 0.29) is 5.91 Å². The summed E-state index contributed by atoms with van der Waals surface area (Å²) in [6.45, 7) is 3.25. The van der Waals surface area contributed by atoms with Gasteiger partial charge in [0.25, 0.3) is 5.90 Å². The molecule has 7 heteroatoms. The van der Waals surface area contributed by atoms with Gasteiger partial charge in [-0.05, 0) is 23.6 Å². The minimum Gasteiger partial charge on any atom is -0.497 e. The lowest BCUT2D eigenvalue weighted by atomic mass is 10.0. The Balaban J connectivity index is 2.07. The molecule has 126 valence electrons. The van der Waals surface area contributed by atoms with Crippen LogP contribution in [-0.4, -0.2) is 31.0 Å². The largest absolute Gasteiger partial charge is 0.497 e. The molecule has 0 radical (unpaired) electrons. The van der Waals surface area contributed by atoms with Crippen LogP contribution in [0.4, 0.5) is 0 Å². The fraction of sp³-hybridized carbons (Fsp3) is 0.294. The predicted octanol–water partition coefficient (Wildman–Crippen LogP) is 3.18. The molecule has 1 unspecified atom stereocenters. The molecule has 0 fully saturated rings. The van der Waals surface area contributed by atoms with Crippen LogP contribution in [0.3, 0.4) is 0 Å². The van der Waals surface area contributed by atoms with Crippen molar-refractivity contribution in [3.8, 4) is 11.5 Å². The smallest absolute Gasteiger partial charge is 0.251 e. The number of methoxy groups -OCH3 is 2. The molecule has 6 nitrogen and oxygen atoms in total. The van der Waals surface area contributed by atoms with E-state index in [1.165, 1.54) is 23.3 Å². The molecule has 0 saturated heterocycles. The summed E-state index contributed by atoms with van der Waals surface area (Å²) in [7, 11) is 3.15. The van der Waals surface area contributed by atoms with E-state index in [0.717, 1.165) is 4.88 Å². The Kier molecular flexibility index (Phi) is 4.19. The Bertz CT molecular complexity index is 788. The molecule has 0 spiro atoms. The summed E-state index contributed by atoms with van der Waals surface area (Å²) < 4.78 is 16.8. The first kappa shape index (κ1) is 16.3. The standard InChI is InChI=1S/C17H18N2O4S/c1-11(20)19-17(2,23-16(18-19)15-6-5-9-24-15)13-8-7-12(21-3)10-14(13)22-4/h5-10H,1-4H3. The molecule has 2 aromatic rings. The molecular weight excluding hydrogens is 328 g/mol. The van der Waals surface area contributed by atoms with Crippen LogP contribution in [0.5, 0.6) is 11.5 Å². The second-order valence-corrected chi connectivity index (χ2v) is 6.31. The van der Waals surface area contributed by atoms with Crippen LogP contribution in [0, 0.1) is 0 Å². The van der Waals surface area contributed by atoms with Gasteiger partial charge < -0.3 is 14.2 Å². The van der Waals surface area contributed by atoms with Crippen LogP contribution in [0.25, 0.3) is 0 Å². The maximum absolute atomic E-state index is 12.1. The molecule has 24 heavy (non-hydrogen) atoms. The van der Waals surface area contributed by atoms with Crippen LogP contribution >= 0.6 is 11.3 Å². The van der Waals surface area contributed by atoms with Gasteiger partial charge in [0.1, 0.15) is 11.5 Å². The van der Waals surface area contributed by atoms with Crippen LogP contribution < -0.4 is 9.47 Å². The first-order chi connectivity index (χ1) is 11.5. The average Bonchev–Trinajstić information content (AvgIpc) is 3.22. The van der Waals surface area contributed by atoms with Gasteiger partial charge in [-0.25, -0.2) is 0 Å². The fourth-order valence-electron chi connectivity index (χ4n) is 2.66. The number of carbonyl (C=O) groups is 1. The number of hydrazone groups is 1. The first-order valence-electron chi connectivity index (χ1n) is 7.34. The van der Waals surface area contributed by atoms with E-state index < -0.39 is 5.72 Å². The van der Waals surface area contributed by atoms with E-state index in [9.17, 15) is 4.79 Å². The molecule has 1 aromatic carbocycles. The molecule has 1 aliphatic rings. The van der Waals surface area contributed by atoms with Crippen LogP contribution in [0.2, 0.25) is 0 Å². The fourth-order valence-corrected chi connectivity index (χ4v) is 3.30. The Morgan fingerprint density at radius 3 is 2.67 bits per heavy atom. The second-order valence-electron chi connectivity index (χ2n) is 5.36. The number of amides is 1. The zero-order valence-electron chi connectivity index (χ0n) is 13.9. The van der Waals surface area contributed by atoms with E-state index >= 15 is 0 Å². The van der Waals surface area contributed by atoms with Crippen molar-refractivity contribution in [2.45, 2.75) is 19.6 Å². The van der Waals surface area contributed by atoms with Crippen molar-refractivity contribution < 1.29 is 19.0 Å². The lowest BCUT2D eigenvalue weighted by Gasteiger charge is -2.32. The van der Waals surface area contributed by atoms with Crippen LogP contribution in [0.1, 0.15) is 24.3 Å². The highest BCUT2D eigenvalue weighted by Gasteiger charge is 2.47. The van der Waals surface area contributed by atoms with Gasteiger partial charge in [-0.15, -0.1) is 16.4 Å². The maximum atomic E-state index is 12.1. The molecule has 1 amide bonds. The molecule has 0 bridgehead atoms. The first-order valence-corrected chi connectivity index (χ1v) is 8.22. The number of rotatable bonds is 4. The normalized spacial score (nSPS) is 19.7. The Morgan fingerprint density at radius 2 is 2.08 bits per heavy atom. The molecule has 0 aliphatic carbocycles. The van der Waals surface area contributed by atoms with E-state index in [2.05, 4.69) is 5.10 Å². The summed E-state index contributed by atoms with van der Waals surface area (Å²) in [5.74, 6) is 1.42. The van der Waals surface area contributed by atoms with E-state index in [1.807, 2.05) is 23.6 Å². The molecule has 3 rings (SSSR count). The molecule has 2 heterocycles. The van der Waals surface area contributed by atoms with Gasteiger partial charge in [0.15, 0.2) is 0 Å². The van der Waals surface area contributed by atoms with Gasteiger partial charge >= 0.3 is 0 Å². The average molecular weight is 346 g/mol. The number of benzene rings is 1. The highest BCUT2D eigenvalue weighted by molar-refractivity contribution is 7.12. The lowest BCUT2D eigenvalue weighted by molar-refractivity contribution is -0.146. The number of hydrogen-bond acceptors (Lipinski definition) is 6. The van der Waals surface area contributed by atoms with Gasteiger partial charge in [-0.1, -0.05) is 6.07 Å². The lowest BCUT2D eigenvalue weighted by Crippen LogP contribution is -2.41. The Morgan fingerprint density at radius 1 is 1.29 bits per heavy atom. The molecular formula is C17H18N2O4S. The number of thiophene rings is 1. The monoisotopic (exact) mass is 346 g/mol. The zero-order chi connectivity index (χ0) is 17.3. The third kappa shape index (κ3) is 2.60. The summed E-state index contributed by atoms with van der Waals surface area (Å²) in [5, 5.41) is 7.65. The number of carbonyl (C=O) groups excluding carboxylic acids is 1. The highest BCUT2D eigenvalue weighted by atomic mass is 32.1. The Hall–Kier alpha value is -2.54. The number of nitrogens with zero attached hydrogens (tertiary/aromatic N) is 2. The van der Waals surface area contributed by atoms with Crippen molar-refractivity contribution in [3.63, 3.8) is 0 Å². The zero-order valence-corrected chi connectivity index (χ0v) is 14.7. The Labute approximate surface area is 144 Å². The summed E-state index contributed by atoms with van der Waals surface area (Å²) in [6, 6.07) is 9.19. The summed E-state index contributed by atoms with van der Waals surface area (Å²) >= 11 is 1.50. The van der Waals surface area contributed by atoms with Crippen LogP contribution in [0.15, 0.2) is 40.8 Å². The van der Waals surface area contributed by atoms with Crippen molar-refractivity contribution >= 4 is 23.1 Å². The van der Waals surface area contributed by atoms with Gasteiger partial charge in [-0.3, -0.25) is 4.79 Å².